The van der Waals surface area contributed by atoms with Gasteiger partial charge < -0.3 is 15.0 Å². The Morgan fingerprint density at radius 3 is 2.74 bits per heavy atom. The molecule has 34 heavy (non-hydrogen) atoms. The maximum absolute atomic E-state index is 14.6. The number of rotatable bonds is 5. The van der Waals surface area contributed by atoms with E-state index < -0.39 is 5.82 Å². The Morgan fingerprint density at radius 2 is 2.03 bits per heavy atom. The predicted octanol–water partition coefficient (Wildman–Crippen LogP) is 3.31. The number of piperidine rings is 1. The molecular weight excluding hydrogens is 441 g/mol. The molecule has 1 amide bonds. The van der Waals surface area contributed by atoms with E-state index in [1.54, 1.807) is 29.6 Å². The van der Waals surface area contributed by atoms with Crippen LogP contribution in [0.3, 0.4) is 0 Å². The lowest BCUT2D eigenvalue weighted by Crippen LogP contribution is -2.39. The Balaban J connectivity index is 1.32. The van der Waals surface area contributed by atoms with E-state index >= 15 is 0 Å². The Morgan fingerprint density at radius 1 is 1.21 bits per heavy atom. The van der Waals surface area contributed by atoms with Crippen molar-refractivity contribution in [2.75, 3.05) is 18.4 Å². The molecule has 5 rings (SSSR count). The monoisotopic (exact) mass is 465 g/mol. The number of ether oxygens (including phenoxy) is 1. The fourth-order valence-electron chi connectivity index (χ4n) is 4.15. The summed E-state index contributed by atoms with van der Waals surface area (Å²) in [4.78, 5) is 22.9. The van der Waals surface area contributed by atoms with Gasteiger partial charge in [-0.2, -0.15) is 4.68 Å². The molecule has 1 aliphatic rings. The van der Waals surface area contributed by atoms with Gasteiger partial charge in [0.2, 0.25) is 0 Å². The highest BCUT2D eigenvalue weighted by molar-refractivity contribution is 5.73. The second kappa shape index (κ2) is 9.04. The van der Waals surface area contributed by atoms with E-state index in [0.717, 1.165) is 18.5 Å². The van der Waals surface area contributed by atoms with Gasteiger partial charge in [-0.05, 0) is 55.3 Å². The van der Waals surface area contributed by atoms with Crippen molar-refractivity contribution >= 4 is 23.1 Å². The van der Waals surface area contributed by atoms with E-state index in [-0.39, 0.29) is 23.8 Å². The zero-order valence-electron chi connectivity index (χ0n) is 18.8. The highest BCUT2D eigenvalue weighted by atomic mass is 19.1. The first-order valence-electron chi connectivity index (χ1n) is 11.1. The van der Waals surface area contributed by atoms with Crippen LogP contribution < -0.4 is 5.32 Å². The number of benzene rings is 1. The number of anilines is 2. The predicted molar refractivity (Wildman–Crippen MR) is 121 cm³/mol. The normalized spacial score (nSPS) is 14.6. The summed E-state index contributed by atoms with van der Waals surface area (Å²) < 4.78 is 23.1. The number of imidazole rings is 1. The van der Waals surface area contributed by atoms with Crippen LogP contribution in [0.5, 0.6) is 0 Å². The number of tetrazole rings is 1. The first-order valence-corrected chi connectivity index (χ1v) is 11.1. The molecule has 0 aliphatic carbocycles. The molecule has 0 saturated carbocycles. The van der Waals surface area contributed by atoms with Crippen molar-refractivity contribution in [3.05, 3.63) is 54.8 Å². The van der Waals surface area contributed by atoms with Gasteiger partial charge in [-0.3, -0.25) is 4.40 Å². The van der Waals surface area contributed by atoms with Gasteiger partial charge in [0, 0.05) is 36.6 Å². The number of likely N-dealkylation sites (tertiary alicyclic amines) is 1. The van der Waals surface area contributed by atoms with Gasteiger partial charge >= 0.3 is 6.09 Å². The number of nitrogens with zero attached hydrogens (tertiary/aromatic N) is 8. The number of nitrogens with one attached hydrogen (secondary N) is 1. The molecule has 1 aliphatic heterocycles. The zero-order chi connectivity index (χ0) is 23.7. The van der Waals surface area contributed by atoms with Crippen molar-refractivity contribution in [2.24, 2.45) is 0 Å². The van der Waals surface area contributed by atoms with Crippen LogP contribution in [-0.4, -0.2) is 64.8 Å². The molecule has 4 aromatic rings. The molecule has 1 aromatic carbocycles. The lowest BCUT2D eigenvalue weighted by Gasteiger charge is -2.31. The molecule has 1 N–H and O–H groups in total. The molecule has 0 bridgehead atoms. The molecule has 0 radical (unpaired) electrons. The number of hydrogen-bond donors (Lipinski definition) is 1. The summed E-state index contributed by atoms with van der Waals surface area (Å²) in [6.45, 7) is 4.95. The van der Waals surface area contributed by atoms with Crippen molar-refractivity contribution in [3.63, 3.8) is 0 Å². The summed E-state index contributed by atoms with van der Waals surface area (Å²) in [5.41, 5.74) is 3.17. The van der Waals surface area contributed by atoms with Gasteiger partial charge in [0.05, 0.1) is 12.3 Å². The first-order chi connectivity index (χ1) is 16.5. The Labute approximate surface area is 194 Å². The van der Waals surface area contributed by atoms with Crippen LogP contribution in [0.1, 0.15) is 38.3 Å². The van der Waals surface area contributed by atoms with Gasteiger partial charge in [0.25, 0.3) is 0 Å². The molecular formula is C22H24FN9O2. The fraction of sp³-hybridized carbons (Fsp3) is 0.364. The summed E-state index contributed by atoms with van der Waals surface area (Å²) in [5, 5.41) is 14.0. The number of halogens is 1. The summed E-state index contributed by atoms with van der Waals surface area (Å²) >= 11 is 0. The van der Waals surface area contributed by atoms with E-state index in [1.165, 1.54) is 17.1 Å². The maximum atomic E-state index is 14.6. The van der Waals surface area contributed by atoms with Crippen molar-refractivity contribution in [3.8, 4) is 5.69 Å². The molecule has 1 saturated heterocycles. The first kappa shape index (κ1) is 21.7. The number of hydrogen-bond acceptors (Lipinski definition) is 8. The maximum Gasteiger partial charge on any atom is 0.410 e. The Hall–Kier alpha value is -4.09. The second-order valence-electron chi connectivity index (χ2n) is 8.42. The number of aromatic nitrogens is 7. The third-order valence-corrected chi connectivity index (χ3v) is 5.78. The van der Waals surface area contributed by atoms with Gasteiger partial charge in [0.15, 0.2) is 11.5 Å². The van der Waals surface area contributed by atoms with Crippen LogP contribution in [0, 0.1) is 5.82 Å². The molecule has 0 atom stereocenters. The number of fused-ring (bicyclic) bond motifs is 1. The molecule has 4 heterocycles. The molecule has 0 unspecified atom stereocenters. The van der Waals surface area contributed by atoms with E-state index in [9.17, 15) is 9.18 Å². The van der Waals surface area contributed by atoms with Crippen LogP contribution in [0.4, 0.5) is 20.6 Å². The van der Waals surface area contributed by atoms with Gasteiger partial charge in [-0.25, -0.2) is 19.2 Å². The van der Waals surface area contributed by atoms with Crippen molar-refractivity contribution in [2.45, 2.75) is 38.7 Å². The van der Waals surface area contributed by atoms with Gasteiger partial charge in [-0.1, -0.05) is 0 Å². The lowest BCUT2D eigenvalue weighted by molar-refractivity contribution is 0.0690. The third-order valence-electron chi connectivity index (χ3n) is 5.78. The van der Waals surface area contributed by atoms with Crippen molar-refractivity contribution in [1.29, 1.82) is 0 Å². The molecule has 0 spiro atoms. The van der Waals surface area contributed by atoms with Crippen LogP contribution in [-0.2, 0) is 4.74 Å². The van der Waals surface area contributed by atoms with Crippen LogP contribution in [0.2, 0.25) is 0 Å². The van der Waals surface area contributed by atoms with E-state index in [2.05, 4.69) is 30.8 Å². The SMILES string of the molecule is CC(C)OC(=O)N1CCC(c2cnc3c(Nc4ccc(-n5cnnn5)c(F)c4)cncn23)CC1. The minimum absolute atomic E-state index is 0.134. The number of carbonyl (C=O) groups excluding carboxylic acids is 1. The second-order valence-corrected chi connectivity index (χ2v) is 8.42. The standard InChI is InChI=1S/C22H24FN9O2/c1-14(2)34-22(33)30-7-5-15(6-8-30)20-11-25-21-18(10-24-12-31(20)21)27-16-3-4-19(17(23)9-16)32-13-26-28-29-32/h3-4,9-15,27H,5-8H2,1-2H3. The largest absolute Gasteiger partial charge is 0.447 e. The molecule has 3 aromatic heterocycles. The minimum Gasteiger partial charge on any atom is -0.447 e. The summed E-state index contributed by atoms with van der Waals surface area (Å²) in [7, 11) is 0. The fourth-order valence-corrected chi connectivity index (χ4v) is 4.15. The van der Waals surface area contributed by atoms with E-state index in [0.29, 0.717) is 30.1 Å². The Bertz CT molecular complexity index is 1300. The van der Waals surface area contributed by atoms with Crippen molar-refractivity contribution < 1.29 is 13.9 Å². The summed E-state index contributed by atoms with van der Waals surface area (Å²) in [6, 6.07) is 4.70. The lowest BCUT2D eigenvalue weighted by atomic mass is 9.94. The van der Waals surface area contributed by atoms with Gasteiger partial charge in [-0.15, -0.1) is 5.10 Å². The molecule has 1 fully saturated rings. The van der Waals surface area contributed by atoms with Crippen molar-refractivity contribution in [1.82, 2.24) is 39.5 Å². The van der Waals surface area contributed by atoms with E-state index in [1.807, 2.05) is 24.4 Å². The van der Waals surface area contributed by atoms with Gasteiger partial charge in [0.1, 0.15) is 24.0 Å². The smallest absolute Gasteiger partial charge is 0.410 e. The molecule has 11 nitrogen and oxygen atoms in total. The third kappa shape index (κ3) is 4.26. The number of amides is 1. The quantitative estimate of drug-likeness (QED) is 0.477. The highest BCUT2D eigenvalue weighted by Gasteiger charge is 2.27. The van der Waals surface area contributed by atoms with Crippen LogP contribution in [0.15, 0.2) is 43.2 Å². The van der Waals surface area contributed by atoms with Crippen LogP contribution >= 0.6 is 0 Å². The average Bonchev–Trinajstić information content (AvgIpc) is 3.50. The average molecular weight is 465 g/mol. The Kier molecular flexibility index (Phi) is 5.78. The highest BCUT2D eigenvalue weighted by Crippen LogP contribution is 2.31. The molecule has 176 valence electrons. The number of carbonyl (C=O) groups is 1. The van der Waals surface area contributed by atoms with E-state index in [4.69, 9.17) is 4.74 Å². The van der Waals surface area contributed by atoms with Crippen LogP contribution in [0.25, 0.3) is 11.3 Å². The topological polar surface area (TPSA) is 115 Å². The summed E-state index contributed by atoms with van der Waals surface area (Å²) in [6.07, 6.45) is 7.78. The summed E-state index contributed by atoms with van der Waals surface area (Å²) in [5.74, 6) is -0.229. The minimum atomic E-state index is -0.469. The molecule has 12 heteroatoms. The zero-order valence-corrected chi connectivity index (χ0v) is 18.8.